The average molecular weight is 630 g/mol. The number of hydrogen-bond acceptors (Lipinski definition) is 9. The number of amides is 2. The Balaban J connectivity index is 1.21. The lowest BCUT2D eigenvalue weighted by atomic mass is 10.1. The predicted octanol–water partition coefficient (Wildman–Crippen LogP) is 3.25. The molecule has 1 aromatic carbocycles. The van der Waals surface area contributed by atoms with Gasteiger partial charge in [-0.2, -0.15) is 9.65 Å². The number of imidazole rings is 1. The summed E-state index contributed by atoms with van der Waals surface area (Å²) in [5, 5.41) is 12.1. The molecule has 1 N–H and O–H groups in total. The van der Waals surface area contributed by atoms with Gasteiger partial charge in [0, 0.05) is 51.5 Å². The Labute approximate surface area is 264 Å². The largest absolute Gasteiger partial charge is 0.367 e. The minimum atomic E-state index is -0.671. The molecule has 0 aliphatic carbocycles. The second kappa shape index (κ2) is 13.9. The summed E-state index contributed by atoms with van der Waals surface area (Å²) in [4.78, 5) is 43.7. The number of halogens is 2. The zero-order valence-electron chi connectivity index (χ0n) is 25.1. The van der Waals surface area contributed by atoms with E-state index in [9.17, 15) is 14.0 Å². The molecule has 238 valence electrons. The van der Waals surface area contributed by atoms with Gasteiger partial charge in [-0.15, -0.1) is 0 Å². The van der Waals surface area contributed by atoms with Crippen molar-refractivity contribution in [3.8, 4) is 17.6 Å². The third-order valence-corrected chi connectivity index (χ3v) is 8.15. The summed E-state index contributed by atoms with van der Waals surface area (Å²) >= 11 is 0. The lowest BCUT2D eigenvalue weighted by Gasteiger charge is -2.36. The van der Waals surface area contributed by atoms with Crippen LogP contribution in [0.3, 0.4) is 0 Å². The molecule has 0 saturated carbocycles. The Bertz CT molecular complexity index is 1750. The van der Waals surface area contributed by atoms with Crippen molar-refractivity contribution in [2.45, 2.75) is 31.9 Å². The van der Waals surface area contributed by atoms with E-state index < -0.39 is 11.6 Å². The number of carbonyl (C=O) groups is 2. The van der Waals surface area contributed by atoms with Gasteiger partial charge in [-0.25, -0.2) is 19.3 Å². The number of ether oxygens (including phenoxy) is 1. The van der Waals surface area contributed by atoms with Gasteiger partial charge in [-0.1, -0.05) is 30.3 Å². The van der Waals surface area contributed by atoms with Crippen molar-refractivity contribution in [3.63, 3.8) is 0 Å². The number of rotatable bonds is 9. The first-order valence-corrected chi connectivity index (χ1v) is 15.2. The number of nitriles is 1. The van der Waals surface area contributed by atoms with Crippen molar-refractivity contribution in [1.29, 1.82) is 5.26 Å². The number of carbonyl (C=O) groups excluding carboxylic acids is 2. The molecule has 2 saturated heterocycles. The highest BCUT2D eigenvalue weighted by Gasteiger charge is 2.29. The van der Waals surface area contributed by atoms with Gasteiger partial charge in [0.25, 0.3) is 0 Å². The van der Waals surface area contributed by atoms with Gasteiger partial charge in [0.2, 0.25) is 17.6 Å². The van der Waals surface area contributed by atoms with E-state index >= 15 is 4.39 Å². The minimum absolute atomic E-state index is 0.0412. The maximum atomic E-state index is 16.2. The topological polar surface area (TPSA) is 132 Å². The van der Waals surface area contributed by atoms with Gasteiger partial charge in [0.05, 0.1) is 18.9 Å². The summed E-state index contributed by atoms with van der Waals surface area (Å²) in [7, 11) is 0. The third-order valence-electron chi connectivity index (χ3n) is 8.15. The van der Waals surface area contributed by atoms with E-state index in [1.165, 1.54) is 28.9 Å². The fourth-order valence-electron chi connectivity index (χ4n) is 5.76. The van der Waals surface area contributed by atoms with Gasteiger partial charge in [-0.05, 0) is 30.5 Å². The van der Waals surface area contributed by atoms with Gasteiger partial charge >= 0.3 is 0 Å². The zero-order valence-corrected chi connectivity index (χ0v) is 25.1. The molecule has 1 atom stereocenters. The smallest absolute Gasteiger partial charge is 0.248 e. The van der Waals surface area contributed by atoms with E-state index in [2.05, 4.69) is 20.3 Å². The van der Waals surface area contributed by atoms with Crippen molar-refractivity contribution in [2.24, 2.45) is 0 Å². The summed E-state index contributed by atoms with van der Waals surface area (Å²) in [5.41, 5.74) is 1.82. The molecule has 46 heavy (non-hydrogen) atoms. The average Bonchev–Trinajstić information content (AvgIpc) is 3.49. The van der Waals surface area contributed by atoms with Crippen molar-refractivity contribution in [2.75, 3.05) is 56.1 Å². The number of likely N-dealkylation sites (tertiary alicyclic amines) is 1. The van der Waals surface area contributed by atoms with Crippen LogP contribution >= 0.6 is 0 Å². The Morgan fingerprint density at radius 3 is 2.59 bits per heavy atom. The number of pyridine rings is 1. The SMILES string of the molecule is N#CCC(=O)N1CCCC(Nc2nc(-c3cnc4ccc(F)cn34)nc(N3CCN(C(=O)COCc4ccccc4)CC3)c2F)C1. The number of hydrogen-bond donors (Lipinski definition) is 1. The van der Waals surface area contributed by atoms with E-state index in [0.717, 1.165) is 5.56 Å². The molecule has 3 aromatic heterocycles. The summed E-state index contributed by atoms with van der Waals surface area (Å²) in [6, 6.07) is 14.0. The Kier molecular flexibility index (Phi) is 9.30. The maximum Gasteiger partial charge on any atom is 0.248 e. The maximum absolute atomic E-state index is 16.2. The van der Waals surface area contributed by atoms with Crippen molar-refractivity contribution < 1.29 is 23.1 Å². The molecule has 0 radical (unpaired) electrons. The molecule has 2 aliphatic rings. The van der Waals surface area contributed by atoms with Gasteiger partial charge in [-0.3, -0.25) is 14.0 Å². The highest BCUT2D eigenvalue weighted by atomic mass is 19.1. The number of fused-ring (bicyclic) bond motifs is 1. The molecule has 14 heteroatoms. The molecule has 1 unspecified atom stereocenters. The van der Waals surface area contributed by atoms with Crippen LogP contribution < -0.4 is 10.2 Å². The summed E-state index contributed by atoms with van der Waals surface area (Å²) in [5.74, 6) is -1.46. The Morgan fingerprint density at radius 2 is 1.80 bits per heavy atom. The van der Waals surface area contributed by atoms with Crippen LogP contribution in [0, 0.1) is 23.0 Å². The van der Waals surface area contributed by atoms with E-state index in [1.54, 1.807) is 14.7 Å². The first-order chi connectivity index (χ1) is 22.4. The number of piperidine rings is 1. The van der Waals surface area contributed by atoms with Crippen molar-refractivity contribution >= 4 is 29.1 Å². The number of nitrogens with zero attached hydrogens (tertiary/aromatic N) is 8. The van der Waals surface area contributed by atoms with Crippen molar-refractivity contribution in [1.82, 2.24) is 29.2 Å². The zero-order chi connectivity index (χ0) is 32.0. The fourth-order valence-corrected chi connectivity index (χ4v) is 5.76. The number of benzene rings is 1. The standard InChI is InChI=1S/C32H33F2N9O3/c33-23-8-9-26-36-17-25(43(26)18-23)30-38-31(37-24-7-4-12-42(19-24)27(44)10-11-35)29(34)32(39-30)41-15-13-40(14-16-41)28(45)21-46-20-22-5-2-1-3-6-22/h1-3,5-6,8-9,17-18,24H,4,7,10,12-16,19-21H2,(H,37,38,39). The molecule has 0 bridgehead atoms. The Hall–Kier alpha value is -5.16. The molecule has 4 aromatic rings. The summed E-state index contributed by atoms with van der Waals surface area (Å²) < 4.78 is 37.6. The number of nitrogens with one attached hydrogen (secondary N) is 1. The van der Waals surface area contributed by atoms with Gasteiger partial charge in [0.15, 0.2) is 17.5 Å². The first kappa shape index (κ1) is 30.8. The molecule has 2 fully saturated rings. The lowest BCUT2D eigenvalue weighted by molar-refractivity contribution is -0.137. The normalized spacial score (nSPS) is 16.8. The molecule has 2 aliphatic heterocycles. The third kappa shape index (κ3) is 6.89. The van der Waals surface area contributed by atoms with Crippen molar-refractivity contribution in [3.05, 3.63) is 72.1 Å². The first-order valence-electron chi connectivity index (χ1n) is 15.2. The number of anilines is 2. The predicted molar refractivity (Wildman–Crippen MR) is 164 cm³/mol. The molecular weight excluding hydrogens is 596 g/mol. The van der Waals surface area contributed by atoms with Crippen LogP contribution in [-0.2, 0) is 20.9 Å². The number of piperazine rings is 1. The lowest BCUT2D eigenvalue weighted by Crippen LogP contribution is -2.50. The monoisotopic (exact) mass is 629 g/mol. The summed E-state index contributed by atoms with van der Waals surface area (Å²) in [6.07, 6.45) is 3.89. The summed E-state index contributed by atoms with van der Waals surface area (Å²) in [6.45, 7) is 2.41. The molecule has 0 spiro atoms. The highest BCUT2D eigenvalue weighted by Crippen LogP contribution is 2.30. The van der Waals surface area contributed by atoms with Gasteiger partial charge < -0.3 is 24.8 Å². The van der Waals surface area contributed by atoms with Crippen LogP contribution in [0.1, 0.15) is 24.8 Å². The van der Waals surface area contributed by atoms with Crippen LogP contribution in [0.25, 0.3) is 17.2 Å². The highest BCUT2D eigenvalue weighted by molar-refractivity contribution is 5.78. The van der Waals surface area contributed by atoms with E-state index in [4.69, 9.17) is 10.00 Å². The van der Waals surface area contributed by atoms with Gasteiger partial charge in [0.1, 0.15) is 30.2 Å². The van der Waals surface area contributed by atoms with E-state index in [0.29, 0.717) is 70.1 Å². The van der Waals surface area contributed by atoms with Crippen LogP contribution in [0.4, 0.5) is 20.4 Å². The van der Waals surface area contributed by atoms with E-state index in [-0.39, 0.29) is 48.3 Å². The molecule has 2 amide bonds. The quantitative estimate of drug-likeness (QED) is 0.296. The second-order valence-electron chi connectivity index (χ2n) is 11.3. The van der Waals surface area contributed by atoms with Crippen LogP contribution in [0.5, 0.6) is 0 Å². The molecular formula is C32H33F2N9O3. The fraction of sp³-hybridized carbons (Fsp3) is 0.375. The van der Waals surface area contributed by atoms with Crippen LogP contribution in [-0.4, -0.2) is 92.9 Å². The molecule has 12 nitrogen and oxygen atoms in total. The Morgan fingerprint density at radius 1 is 1.00 bits per heavy atom. The second-order valence-corrected chi connectivity index (χ2v) is 11.3. The van der Waals surface area contributed by atoms with Crippen LogP contribution in [0.2, 0.25) is 0 Å². The molecule has 5 heterocycles. The molecule has 6 rings (SSSR count). The minimum Gasteiger partial charge on any atom is -0.367 e. The van der Waals surface area contributed by atoms with Crippen LogP contribution in [0.15, 0.2) is 54.9 Å². The van der Waals surface area contributed by atoms with E-state index in [1.807, 2.05) is 36.4 Å². The number of aromatic nitrogens is 4.